The molecule has 0 spiro atoms. The number of rotatable bonds is 3. The fourth-order valence-corrected chi connectivity index (χ4v) is 2.20. The zero-order chi connectivity index (χ0) is 14.8. The van der Waals surface area contributed by atoms with Gasteiger partial charge in [-0.3, -0.25) is 0 Å². The summed E-state index contributed by atoms with van der Waals surface area (Å²) in [4.78, 5) is 9.02. The second-order valence-corrected chi connectivity index (χ2v) is 4.51. The van der Waals surface area contributed by atoms with E-state index in [2.05, 4.69) is 15.3 Å². The van der Waals surface area contributed by atoms with Crippen LogP contribution in [0.15, 0.2) is 42.5 Å². The highest BCUT2D eigenvalue weighted by Crippen LogP contribution is 2.27. The van der Waals surface area contributed by atoms with Gasteiger partial charge in [0.25, 0.3) is 0 Å². The Morgan fingerprint density at radius 1 is 1.10 bits per heavy atom. The summed E-state index contributed by atoms with van der Waals surface area (Å²) in [6, 6.07) is 12.3. The topological polar surface area (TPSA) is 47.0 Å². The third kappa shape index (κ3) is 2.38. The van der Waals surface area contributed by atoms with Crippen LogP contribution in [0, 0.1) is 5.82 Å². The second-order valence-electron chi connectivity index (χ2n) is 4.51. The van der Waals surface area contributed by atoms with Crippen LogP contribution in [0.1, 0.15) is 0 Å². The first-order chi connectivity index (χ1) is 10.2. The summed E-state index contributed by atoms with van der Waals surface area (Å²) in [5.41, 5.74) is 1.53. The average molecular weight is 283 g/mol. The molecule has 0 saturated heterocycles. The fourth-order valence-electron chi connectivity index (χ4n) is 2.20. The molecular weight excluding hydrogens is 269 g/mol. The van der Waals surface area contributed by atoms with Crippen LogP contribution in [-0.4, -0.2) is 24.1 Å². The summed E-state index contributed by atoms with van der Waals surface area (Å²) in [6.45, 7) is 0. The van der Waals surface area contributed by atoms with E-state index in [9.17, 15) is 4.39 Å². The Hall–Kier alpha value is -2.69. The van der Waals surface area contributed by atoms with Gasteiger partial charge in [0, 0.05) is 18.0 Å². The molecule has 0 amide bonds. The SMILES string of the molecule is CNc1nc(-c2ccc(F)c(OC)c2)nc2ccccc12. The molecular formula is C16H14FN3O. The number of aromatic nitrogens is 2. The van der Waals surface area contributed by atoms with Crippen molar-refractivity contribution in [1.29, 1.82) is 0 Å². The van der Waals surface area contributed by atoms with Gasteiger partial charge in [0.1, 0.15) is 5.82 Å². The number of halogens is 1. The van der Waals surface area contributed by atoms with Gasteiger partial charge in [-0.25, -0.2) is 14.4 Å². The Labute approximate surface area is 121 Å². The first-order valence-corrected chi connectivity index (χ1v) is 6.51. The average Bonchev–Trinajstić information content (AvgIpc) is 2.54. The number of hydrogen-bond donors (Lipinski definition) is 1. The van der Waals surface area contributed by atoms with Crippen molar-refractivity contribution in [2.75, 3.05) is 19.5 Å². The minimum atomic E-state index is -0.407. The number of para-hydroxylation sites is 1. The molecule has 0 bridgehead atoms. The van der Waals surface area contributed by atoms with Crippen LogP contribution >= 0.6 is 0 Å². The highest BCUT2D eigenvalue weighted by Gasteiger charge is 2.11. The van der Waals surface area contributed by atoms with Gasteiger partial charge in [-0.15, -0.1) is 0 Å². The summed E-state index contributed by atoms with van der Waals surface area (Å²) in [7, 11) is 3.24. The van der Waals surface area contributed by atoms with Gasteiger partial charge in [-0.05, 0) is 30.3 Å². The Balaban J connectivity index is 2.20. The van der Waals surface area contributed by atoms with Gasteiger partial charge < -0.3 is 10.1 Å². The van der Waals surface area contributed by atoms with Gasteiger partial charge in [0.2, 0.25) is 0 Å². The van der Waals surface area contributed by atoms with Crippen molar-refractivity contribution in [1.82, 2.24) is 9.97 Å². The highest BCUT2D eigenvalue weighted by molar-refractivity contribution is 5.90. The lowest BCUT2D eigenvalue weighted by atomic mass is 10.1. The minimum absolute atomic E-state index is 0.176. The molecule has 4 nitrogen and oxygen atoms in total. The predicted octanol–water partition coefficient (Wildman–Crippen LogP) is 3.49. The van der Waals surface area contributed by atoms with E-state index in [0.29, 0.717) is 11.4 Å². The van der Waals surface area contributed by atoms with E-state index in [1.807, 2.05) is 31.3 Å². The van der Waals surface area contributed by atoms with E-state index in [1.165, 1.54) is 13.2 Å². The van der Waals surface area contributed by atoms with Crippen molar-refractivity contribution in [2.24, 2.45) is 0 Å². The number of ether oxygens (including phenoxy) is 1. The molecule has 21 heavy (non-hydrogen) atoms. The Bertz CT molecular complexity index is 805. The van der Waals surface area contributed by atoms with Gasteiger partial charge in [0.05, 0.1) is 12.6 Å². The van der Waals surface area contributed by atoms with Crippen molar-refractivity contribution in [3.8, 4) is 17.1 Å². The third-order valence-electron chi connectivity index (χ3n) is 3.25. The molecule has 1 N–H and O–H groups in total. The third-order valence-corrected chi connectivity index (χ3v) is 3.25. The number of benzene rings is 2. The molecule has 0 fully saturated rings. The molecule has 0 aliphatic heterocycles. The summed E-state index contributed by atoms with van der Waals surface area (Å²) in [5.74, 6) is 1.03. The Kier molecular flexibility index (Phi) is 3.39. The van der Waals surface area contributed by atoms with E-state index in [4.69, 9.17) is 4.74 Å². The molecule has 5 heteroatoms. The standard InChI is InChI=1S/C16H14FN3O/c1-18-16-11-5-3-4-6-13(11)19-15(20-16)10-7-8-12(17)14(9-10)21-2/h3-9H,1-2H3,(H,18,19,20). The maximum absolute atomic E-state index is 13.5. The lowest BCUT2D eigenvalue weighted by Crippen LogP contribution is -1.99. The van der Waals surface area contributed by atoms with E-state index in [0.717, 1.165) is 16.7 Å². The van der Waals surface area contributed by atoms with Crippen LogP contribution in [0.2, 0.25) is 0 Å². The number of fused-ring (bicyclic) bond motifs is 1. The first-order valence-electron chi connectivity index (χ1n) is 6.51. The summed E-state index contributed by atoms with van der Waals surface area (Å²) in [6.07, 6.45) is 0. The molecule has 106 valence electrons. The lowest BCUT2D eigenvalue weighted by Gasteiger charge is -2.09. The van der Waals surface area contributed by atoms with Crippen LogP contribution < -0.4 is 10.1 Å². The highest BCUT2D eigenvalue weighted by atomic mass is 19.1. The van der Waals surface area contributed by atoms with Crippen molar-refractivity contribution in [3.05, 3.63) is 48.3 Å². The van der Waals surface area contributed by atoms with Crippen LogP contribution in [-0.2, 0) is 0 Å². The van der Waals surface area contributed by atoms with Crippen LogP contribution in [0.4, 0.5) is 10.2 Å². The number of hydrogen-bond acceptors (Lipinski definition) is 4. The normalized spacial score (nSPS) is 10.6. The smallest absolute Gasteiger partial charge is 0.165 e. The summed E-state index contributed by atoms with van der Waals surface area (Å²) in [5, 5.41) is 4.01. The molecule has 0 unspecified atom stereocenters. The van der Waals surface area contributed by atoms with Gasteiger partial charge in [-0.1, -0.05) is 12.1 Å². The number of nitrogens with one attached hydrogen (secondary N) is 1. The molecule has 0 atom stereocenters. The largest absolute Gasteiger partial charge is 0.494 e. The monoisotopic (exact) mass is 283 g/mol. The summed E-state index contributed by atoms with van der Waals surface area (Å²) >= 11 is 0. The van der Waals surface area contributed by atoms with Crippen molar-refractivity contribution < 1.29 is 9.13 Å². The molecule has 1 aromatic heterocycles. The van der Waals surface area contributed by atoms with E-state index in [1.54, 1.807) is 12.1 Å². The maximum atomic E-state index is 13.5. The quantitative estimate of drug-likeness (QED) is 0.799. The van der Waals surface area contributed by atoms with Crippen LogP contribution in [0.5, 0.6) is 5.75 Å². The zero-order valence-electron chi connectivity index (χ0n) is 11.7. The van der Waals surface area contributed by atoms with Gasteiger partial charge >= 0.3 is 0 Å². The van der Waals surface area contributed by atoms with Crippen LogP contribution in [0.3, 0.4) is 0 Å². The Morgan fingerprint density at radius 2 is 1.90 bits per heavy atom. The van der Waals surface area contributed by atoms with Crippen molar-refractivity contribution in [2.45, 2.75) is 0 Å². The molecule has 0 aliphatic carbocycles. The molecule has 0 saturated carbocycles. The number of methoxy groups -OCH3 is 1. The molecule has 0 radical (unpaired) electrons. The Morgan fingerprint density at radius 3 is 2.67 bits per heavy atom. The first kappa shape index (κ1) is 13.3. The number of anilines is 1. The van der Waals surface area contributed by atoms with E-state index < -0.39 is 5.82 Å². The molecule has 3 aromatic rings. The zero-order valence-corrected chi connectivity index (χ0v) is 11.7. The number of nitrogens with zero attached hydrogens (tertiary/aromatic N) is 2. The summed E-state index contributed by atoms with van der Waals surface area (Å²) < 4.78 is 18.5. The van der Waals surface area contributed by atoms with Crippen molar-refractivity contribution >= 4 is 16.7 Å². The predicted molar refractivity (Wildman–Crippen MR) is 81.0 cm³/mol. The van der Waals surface area contributed by atoms with Crippen LogP contribution in [0.25, 0.3) is 22.3 Å². The van der Waals surface area contributed by atoms with E-state index in [-0.39, 0.29) is 5.75 Å². The lowest BCUT2D eigenvalue weighted by molar-refractivity contribution is 0.387. The van der Waals surface area contributed by atoms with Crippen molar-refractivity contribution in [3.63, 3.8) is 0 Å². The van der Waals surface area contributed by atoms with Gasteiger partial charge in [0.15, 0.2) is 17.4 Å². The minimum Gasteiger partial charge on any atom is -0.494 e. The van der Waals surface area contributed by atoms with Gasteiger partial charge in [-0.2, -0.15) is 0 Å². The second kappa shape index (κ2) is 5.36. The molecule has 1 heterocycles. The molecule has 3 rings (SSSR count). The molecule has 0 aliphatic rings. The van der Waals surface area contributed by atoms with E-state index >= 15 is 0 Å². The maximum Gasteiger partial charge on any atom is 0.165 e. The fraction of sp³-hybridized carbons (Fsp3) is 0.125. The molecule has 2 aromatic carbocycles.